The molecule has 3 aliphatic rings. The van der Waals surface area contributed by atoms with Crippen molar-refractivity contribution in [3.8, 4) is 11.5 Å². The molecule has 2 bridgehead atoms. The molecule has 1 aromatic rings. The van der Waals surface area contributed by atoms with Crippen molar-refractivity contribution in [2.45, 2.75) is 42.5 Å². The van der Waals surface area contributed by atoms with Gasteiger partial charge < -0.3 is 9.47 Å². The molecule has 7 heteroatoms. The molecule has 1 aromatic carbocycles. The van der Waals surface area contributed by atoms with Crippen molar-refractivity contribution in [1.82, 2.24) is 4.31 Å². The number of ketones is 1. The second kappa shape index (κ2) is 5.24. The maximum absolute atomic E-state index is 13.2. The summed E-state index contributed by atoms with van der Waals surface area (Å²) in [6, 6.07) is 3.10. The predicted molar refractivity (Wildman–Crippen MR) is 91.2 cm³/mol. The molecule has 2 heterocycles. The van der Waals surface area contributed by atoms with Crippen LogP contribution in [0.4, 0.5) is 0 Å². The molecular weight excluding hydrogens is 342 g/mol. The summed E-state index contributed by atoms with van der Waals surface area (Å²) < 4.78 is 38.4. The van der Waals surface area contributed by atoms with E-state index in [0.29, 0.717) is 17.9 Å². The second-order valence-electron chi connectivity index (χ2n) is 6.99. The maximum atomic E-state index is 13.2. The van der Waals surface area contributed by atoms with E-state index in [9.17, 15) is 13.2 Å². The summed E-state index contributed by atoms with van der Waals surface area (Å²) in [5, 5.41) is 0. The molecule has 0 spiro atoms. The van der Waals surface area contributed by atoms with Crippen LogP contribution < -0.4 is 9.47 Å². The van der Waals surface area contributed by atoms with Crippen LogP contribution in [0.3, 0.4) is 0 Å². The van der Waals surface area contributed by atoms with Crippen molar-refractivity contribution in [1.29, 1.82) is 0 Å². The van der Waals surface area contributed by atoms with Gasteiger partial charge >= 0.3 is 0 Å². The van der Waals surface area contributed by atoms with Gasteiger partial charge in [0.2, 0.25) is 0 Å². The van der Waals surface area contributed by atoms with E-state index in [1.165, 1.54) is 11.4 Å². The first-order chi connectivity index (χ1) is 11.8. The van der Waals surface area contributed by atoms with Crippen molar-refractivity contribution in [3.05, 3.63) is 30.0 Å². The quantitative estimate of drug-likeness (QED) is 0.823. The number of hydrogen-bond acceptors (Lipinski definition) is 5. The zero-order valence-electron chi connectivity index (χ0n) is 14.5. The van der Waals surface area contributed by atoms with E-state index in [-0.39, 0.29) is 22.6 Å². The molecule has 2 aliphatic heterocycles. The van der Waals surface area contributed by atoms with Gasteiger partial charge in [-0.1, -0.05) is 6.08 Å². The number of carbonyl (C=O) groups excluding carboxylic acids is 1. The minimum atomic E-state index is -3.67. The summed E-state index contributed by atoms with van der Waals surface area (Å²) in [6.45, 7) is 1.59. The number of benzene rings is 1. The van der Waals surface area contributed by atoms with Gasteiger partial charge in [0.1, 0.15) is 5.78 Å². The SMILES string of the molecule is COc1cc2c(cc1OC)S(=O)(=O)N1C=C[C@]23CC[C@H](C(C)=O)C[C@@H]13. The van der Waals surface area contributed by atoms with Crippen LogP contribution in [0, 0.1) is 5.92 Å². The van der Waals surface area contributed by atoms with Crippen molar-refractivity contribution in [2.24, 2.45) is 5.92 Å². The van der Waals surface area contributed by atoms with Gasteiger partial charge in [-0.05, 0) is 37.8 Å². The fourth-order valence-corrected chi connectivity index (χ4v) is 6.43. The van der Waals surface area contributed by atoms with E-state index in [4.69, 9.17) is 9.47 Å². The van der Waals surface area contributed by atoms with Crippen LogP contribution in [0.5, 0.6) is 11.5 Å². The molecule has 0 saturated heterocycles. The van der Waals surface area contributed by atoms with Crippen LogP contribution in [-0.2, 0) is 20.2 Å². The lowest BCUT2D eigenvalue weighted by atomic mass is 9.64. The van der Waals surface area contributed by atoms with Crippen LogP contribution in [0.25, 0.3) is 0 Å². The summed E-state index contributed by atoms with van der Waals surface area (Å²) >= 11 is 0. The summed E-state index contributed by atoms with van der Waals surface area (Å²) in [5.41, 5.74) is 0.355. The van der Waals surface area contributed by atoms with Gasteiger partial charge in [0.25, 0.3) is 10.0 Å². The highest BCUT2D eigenvalue weighted by molar-refractivity contribution is 7.89. The van der Waals surface area contributed by atoms with E-state index in [1.54, 1.807) is 32.4 Å². The first-order valence-electron chi connectivity index (χ1n) is 8.35. The monoisotopic (exact) mass is 363 g/mol. The van der Waals surface area contributed by atoms with Gasteiger partial charge in [-0.2, -0.15) is 0 Å². The predicted octanol–water partition coefficient (Wildman–Crippen LogP) is 2.23. The van der Waals surface area contributed by atoms with Gasteiger partial charge in [-0.15, -0.1) is 0 Å². The van der Waals surface area contributed by atoms with E-state index >= 15 is 0 Å². The number of carbonyl (C=O) groups is 1. The summed E-state index contributed by atoms with van der Waals surface area (Å²) in [5.74, 6) is 0.966. The second-order valence-corrected chi connectivity index (χ2v) is 8.80. The number of nitrogens with zero attached hydrogens (tertiary/aromatic N) is 1. The molecule has 0 amide bonds. The lowest BCUT2D eigenvalue weighted by Crippen LogP contribution is -2.54. The van der Waals surface area contributed by atoms with E-state index < -0.39 is 15.4 Å². The lowest BCUT2D eigenvalue weighted by molar-refractivity contribution is -0.122. The highest BCUT2D eigenvalue weighted by Gasteiger charge is 2.57. The topological polar surface area (TPSA) is 72.9 Å². The van der Waals surface area contributed by atoms with Crippen molar-refractivity contribution < 1.29 is 22.7 Å². The smallest absolute Gasteiger partial charge is 0.264 e. The summed E-state index contributed by atoms with van der Waals surface area (Å²) in [4.78, 5) is 12.1. The average molecular weight is 363 g/mol. The fourth-order valence-electron chi connectivity index (χ4n) is 4.58. The molecule has 0 radical (unpaired) electrons. The molecule has 1 saturated carbocycles. The highest BCUT2D eigenvalue weighted by Crippen LogP contribution is 2.56. The third kappa shape index (κ3) is 2.02. The maximum Gasteiger partial charge on any atom is 0.264 e. The Morgan fingerprint density at radius 3 is 2.56 bits per heavy atom. The normalized spacial score (nSPS) is 31.2. The van der Waals surface area contributed by atoms with Crippen molar-refractivity contribution in [3.63, 3.8) is 0 Å². The molecule has 0 aromatic heterocycles. The Bertz CT molecular complexity index is 891. The number of Topliss-reactive ketones (excluding diaryl/α,β-unsaturated/α-hetero) is 1. The molecular formula is C18H21NO5S. The van der Waals surface area contributed by atoms with Crippen molar-refractivity contribution in [2.75, 3.05) is 14.2 Å². The highest BCUT2D eigenvalue weighted by atomic mass is 32.2. The lowest BCUT2D eigenvalue weighted by Gasteiger charge is -2.48. The van der Waals surface area contributed by atoms with Gasteiger partial charge in [-0.3, -0.25) is 9.10 Å². The number of rotatable bonds is 3. The third-order valence-electron chi connectivity index (χ3n) is 5.95. The molecule has 1 fully saturated rings. The van der Waals surface area contributed by atoms with Gasteiger partial charge in [0.15, 0.2) is 11.5 Å². The number of methoxy groups -OCH3 is 2. The number of sulfonamides is 1. The Morgan fingerprint density at radius 2 is 1.92 bits per heavy atom. The summed E-state index contributed by atoms with van der Waals surface area (Å²) in [7, 11) is -0.640. The molecule has 3 atom stereocenters. The first-order valence-corrected chi connectivity index (χ1v) is 9.79. The zero-order chi connectivity index (χ0) is 18.0. The van der Waals surface area contributed by atoms with Crippen LogP contribution >= 0.6 is 0 Å². The van der Waals surface area contributed by atoms with E-state index in [2.05, 4.69) is 0 Å². The van der Waals surface area contributed by atoms with Gasteiger partial charge in [-0.25, -0.2) is 8.42 Å². The first kappa shape index (κ1) is 16.4. The number of hydrogen-bond donors (Lipinski definition) is 0. The zero-order valence-corrected chi connectivity index (χ0v) is 15.3. The molecule has 1 aliphatic carbocycles. The minimum absolute atomic E-state index is 0.0857. The molecule has 6 nitrogen and oxygen atoms in total. The fraction of sp³-hybridized carbons (Fsp3) is 0.500. The molecule has 0 N–H and O–H groups in total. The molecule has 4 rings (SSSR count). The number of ether oxygens (including phenoxy) is 2. The van der Waals surface area contributed by atoms with Crippen molar-refractivity contribution >= 4 is 15.8 Å². The Kier molecular flexibility index (Phi) is 3.45. The molecule has 134 valence electrons. The largest absolute Gasteiger partial charge is 0.493 e. The Labute approximate surface area is 147 Å². The Balaban J connectivity index is 1.94. The van der Waals surface area contributed by atoms with Crippen LogP contribution in [0.15, 0.2) is 29.3 Å². The average Bonchev–Trinajstić information content (AvgIpc) is 2.96. The van der Waals surface area contributed by atoms with Crippen LogP contribution in [0.1, 0.15) is 31.7 Å². The van der Waals surface area contributed by atoms with Crippen LogP contribution in [0.2, 0.25) is 0 Å². The van der Waals surface area contributed by atoms with Gasteiger partial charge in [0.05, 0.1) is 25.2 Å². The third-order valence-corrected chi connectivity index (χ3v) is 7.78. The molecule has 25 heavy (non-hydrogen) atoms. The standard InChI is InChI=1S/C18H21NO5S/c1-11(20)12-4-5-18-6-7-19(17(18)8-12)25(21,22)16-10-15(24-3)14(23-2)9-13(16)18/h6-7,9-10,12,17H,4-5,8H2,1-3H3/t12-,17+,18+/m0/s1. The summed E-state index contributed by atoms with van der Waals surface area (Å²) in [6.07, 6.45) is 5.71. The van der Waals surface area contributed by atoms with Gasteiger partial charge in [0, 0.05) is 23.6 Å². The number of fused-ring (bicyclic) bond motifs is 1. The Morgan fingerprint density at radius 1 is 1.24 bits per heavy atom. The van der Waals surface area contributed by atoms with E-state index in [1.807, 2.05) is 6.08 Å². The minimum Gasteiger partial charge on any atom is -0.493 e. The van der Waals surface area contributed by atoms with Crippen LogP contribution in [-0.4, -0.2) is 38.8 Å². The molecule has 0 unspecified atom stereocenters. The Hall–Kier alpha value is -2.02. The van der Waals surface area contributed by atoms with E-state index in [0.717, 1.165) is 18.4 Å².